The molecule has 0 aliphatic carbocycles. The number of phenolic OH excluding ortho intramolecular Hbond substituents is 1. The Hall–Kier alpha value is -3.34. The standard InChI is InChI=1S/C19H15N3O2/c1-12-3-2-4-14(11-12)22-19(24)17-16(9-10-20-18(17)21-22)13-5-7-15(23)8-6-13/h2-11,23H,1H3,(H,20,21). The summed E-state index contributed by atoms with van der Waals surface area (Å²) in [5.41, 5.74) is 3.87. The molecule has 4 aromatic rings. The molecule has 0 saturated heterocycles. The van der Waals surface area contributed by atoms with Crippen LogP contribution in [-0.2, 0) is 0 Å². The zero-order valence-corrected chi connectivity index (χ0v) is 13.0. The summed E-state index contributed by atoms with van der Waals surface area (Å²) in [4.78, 5) is 17.2. The number of rotatable bonds is 2. The van der Waals surface area contributed by atoms with Crippen molar-refractivity contribution in [3.8, 4) is 22.6 Å². The third kappa shape index (κ3) is 2.27. The minimum atomic E-state index is -0.147. The predicted molar refractivity (Wildman–Crippen MR) is 93.5 cm³/mol. The maximum absolute atomic E-state index is 12.9. The van der Waals surface area contributed by atoms with Gasteiger partial charge in [0, 0.05) is 6.20 Å². The van der Waals surface area contributed by atoms with Crippen LogP contribution >= 0.6 is 0 Å². The van der Waals surface area contributed by atoms with Crippen LogP contribution in [0.1, 0.15) is 5.56 Å². The first-order valence-electron chi connectivity index (χ1n) is 7.60. The number of H-pyrrole nitrogens is 1. The van der Waals surface area contributed by atoms with E-state index >= 15 is 0 Å². The van der Waals surface area contributed by atoms with Crippen molar-refractivity contribution in [1.82, 2.24) is 14.8 Å². The van der Waals surface area contributed by atoms with E-state index in [1.807, 2.05) is 37.3 Å². The zero-order chi connectivity index (χ0) is 16.7. The number of aryl methyl sites for hydroxylation is 1. The second kappa shape index (κ2) is 5.38. The molecule has 2 heterocycles. The Morgan fingerprint density at radius 1 is 1.08 bits per heavy atom. The average molecular weight is 317 g/mol. The number of hydrogen-bond acceptors (Lipinski definition) is 3. The molecule has 0 radical (unpaired) electrons. The third-order valence-electron chi connectivity index (χ3n) is 4.02. The Bertz CT molecular complexity index is 1090. The highest BCUT2D eigenvalue weighted by Crippen LogP contribution is 2.26. The molecule has 5 nitrogen and oxygen atoms in total. The van der Waals surface area contributed by atoms with Crippen LogP contribution in [-0.4, -0.2) is 19.9 Å². The van der Waals surface area contributed by atoms with E-state index in [-0.39, 0.29) is 11.3 Å². The number of pyridine rings is 1. The molecule has 0 aliphatic rings. The fourth-order valence-corrected chi connectivity index (χ4v) is 2.86. The molecule has 24 heavy (non-hydrogen) atoms. The van der Waals surface area contributed by atoms with E-state index in [1.165, 1.54) is 4.68 Å². The van der Waals surface area contributed by atoms with Gasteiger partial charge in [0.05, 0.1) is 11.1 Å². The van der Waals surface area contributed by atoms with Crippen molar-refractivity contribution in [1.29, 1.82) is 0 Å². The van der Waals surface area contributed by atoms with Gasteiger partial charge in [0.2, 0.25) is 0 Å². The smallest absolute Gasteiger partial charge is 0.281 e. The molecule has 0 amide bonds. The van der Waals surface area contributed by atoms with Gasteiger partial charge in [-0.1, -0.05) is 24.3 Å². The number of nitrogens with one attached hydrogen (secondary N) is 1. The molecular weight excluding hydrogens is 302 g/mol. The molecular formula is C19H15N3O2. The summed E-state index contributed by atoms with van der Waals surface area (Å²) in [6.45, 7) is 1.98. The van der Waals surface area contributed by atoms with Crippen LogP contribution in [0.2, 0.25) is 0 Å². The molecule has 2 aromatic carbocycles. The quantitative estimate of drug-likeness (QED) is 0.595. The normalized spacial score (nSPS) is 11.0. The number of benzene rings is 2. The largest absolute Gasteiger partial charge is 0.508 e. The van der Waals surface area contributed by atoms with E-state index in [4.69, 9.17) is 0 Å². The Balaban J connectivity index is 1.98. The molecule has 0 saturated carbocycles. The summed E-state index contributed by atoms with van der Waals surface area (Å²) < 4.78 is 1.51. The van der Waals surface area contributed by atoms with E-state index in [1.54, 1.807) is 30.5 Å². The summed E-state index contributed by atoms with van der Waals surface area (Å²) in [6, 6.07) is 16.3. The van der Waals surface area contributed by atoms with Crippen molar-refractivity contribution in [3.63, 3.8) is 0 Å². The monoisotopic (exact) mass is 317 g/mol. The van der Waals surface area contributed by atoms with Crippen LogP contribution in [0.25, 0.3) is 27.8 Å². The van der Waals surface area contributed by atoms with Crippen molar-refractivity contribution >= 4 is 11.0 Å². The van der Waals surface area contributed by atoms with Gasteiger partial charge >= 0.3 is 0 Å². The van der Waals surface area contributed by atoms with Crippen molar-refractivity contribution in [3.05, 3.63) is 76.7 Å². The minimum Gasteiger partial charge on any atom is -0.508 e. The molecule has 0 aliphatic heterocycles. The summed E-state index contributed by atoms with van der Waals surface area (Å²) in [5, 5.41) is 13.1. The molecule has 0 atom stereocenters. The SMILES string of the molecule is Cc1cccc(-n2[nH]c3nccc(-c4ccc(O)cc4)c3c2=O)c1. The lowest BCUT2D eigenvalue weighted by Crippen LogP contribution is -2.14. The summed E-state index contributed by atoms with van der Waals surface area (Å²) in [5.74, 6) is 0.190. The predicted octanol–water partition coefficient (Wildman–Crippen LogP) is 3.39. The lowest BCUT2D eigenvalue weighted by molar-refractivity contribution is 0.475. The topological polar surface area (TPSA) is 70.9 Å². The van der Waals surface area contributed by atoms with Crippen molar-refractivity contribution in [2.75, 3.05) is 0 Å². The first kappa shape index (κ1) is 14.3. The van der Waals surface area contributed by atoms with Gasteiger partial charge in [0.25, 0.3) is 5.56 Å². The fourth-order valence-electron chi connectivity index (χ4n) is 2.86. The molecule has 2 aromatic heterocycles. The summed E-state index contributed by atoms with van der Waals surface area (Å²) in [7, 11) is 0. The minimum absolute atomic E-state index is 0.147. The summed E-state index contributed by atoms with van der Waals surface area (Å²) >= 11 is 0. The van der Waals surface area contributed by atoms with Gasteiger partial charge in [-0.25, -0.2) is 9.67 Å². The maximum atomic E-state index is 12.9. The lowest BCUT2D eigenvalue weighted by Gasteiger charge is -2.02. The van der Waals surface area contributed by atoms with Gasteiger partial charge in [-0.3, -0.25) is 9.89 Å². The van der Waals surface area contributed by atoms with E-state index in [2.05, 4.69) is 10.1 Å². The molecule has 4 rings (SSSR count). The Kier molecular flexibility index (Phi) is 3.20. The van der Waals surface area contributed by atoms with E-state index in [0.717, 1.165) is 22.4 Å². The van der Waals surface area contributed by atoms with Crippen molar-refractivity contribution in [2.24, 2.45) is 0 Å². The zero-order valence-electron chi connectivity index (χ0n) is 13.0. The first-order valence-corrected chi connectivity index (χ1v) is 7.60. The Morgan fingerprint density at radius 2 is 1.88 bits per heavy atom. The van der Waals surface area contributed by atoms with Gasteiger partial charge in [0.1, 0.15) is 5.75 Å². The Labute approximate surface area is 137 Å². The number of nitrogens with zero attached hydrogens (tertiary/aromatic N) is 2. The van der Waals surface area contributed by atoms with Gasteiger partial charge in [-0.2, -0.15) is 0 Å². The number of fused-ring (bicyclic) bond motifs is 1. The molecule has 118 valence electrons. The van der Waals surface area contributed by atoms with Crippen LogP contribution in [0, 0.1) is 6.92 Å². The van der Waals surface area contributed by atoms with Gasteiger partial charge in [-0.15, -0.1) is 0 Å². The number of aromatic amines is 1. The van der Waals surface area contributed by atoms with Gasteiger partial charge in [-0.05, 0) is 53.9 Å². The van der Waals surface area contributed by atoms with Crippen LogP contribution < -0.4 is 5.56 Å². The number of hydrogen-bond donors (Lipinski definition) is 2. The van der Waals surface area contributed by atoms with Crippen LogP contribution in [0.5, 0.6) is 5.75 Å². The first-order chi connectivity index (χ1) is 11.6. The van der Waals surface area contributed by atoms with Crippen molar-refractivity contribution < 1.29 is 5.11 Å². The van der Waals surface area contributed by atoms with Crippen LogP contribution in [0.4, 0.5) is 0 Å². The molecule has 0 spiro atoms. The molecule has 2 N–H and O–H groups in total. The second-order valence-corrected chi connectivity index (χ2v) is 5.72. The lowest BCUT2D eigenvalue weighted by atomic mass is 10.0. The highest BCUT2D eigenvalue weighted by molar-refractivity contribution is 5.92. The number of aromatic nitrogens is 3. The maximum Gasteiger partial charge on any atom is 0.281 e. The van der Waals surface area contributed by atoms with Gasteiger partial charge < -0.3 is 5.11 Å². The van der Waals surface area contributed by atoms with E-state index in [0.29, 0.717) is 11.0 Å². The molecule has 0 fully saturated rings. The average Bonchev–Trinajstić information content (AvgIpc) is 2.93. The molecule has 0 bridgehead atoms. The highest BCUT2D eigenvalue weighted by atomic mass is 16.3. The second-order valence-electron chi connectivity index (χ2n) is 5.72. The van der Waals surface area contributed by atoms with Crippen molar-refractivity contribution in [2.45, 2.75) is 6.92 Å². The fraction of sp³-hybridized carbons (Fsp3) is 0.0526. The third-order valence-corrected chi connectivity index (χ3v) is 4.02. The highest BCUT2D eigenvalue weighted by Gasteiger charge is 2.14. The Morgan fingerprint density at radius 3 is 2.62 bits per heavy atom. The van der Waals surface area contributed by atoms with Gasteiger partial charge in [0.15, 0.2) is 5.65 Å². The van der Waals surface area contributed by atoms with Crippen LogP contribution in [0.3, 0.4) is 0 Å². The molecule has 0 unspecified atom stereocenters. The van der Waals surface area contributed by atoms with Crippen LogP contribution in [0.15, 0.2) is 65.6 Å². The molecule has 5 heteroatoms. The number of aromatic hydroxyl groups is 1. The van der Waals surface area contributed by atoms with E-state index in [9.17, 15) is 9.90 Å². The number of phenols is 1. The summed E-state index contributed by atoms with van der Waals surface area (Å²) in [6.07, 6.45) is 1.67. The van der Waals surface area contributed by atoms with E-state index < -0.39 is 0 Å².